The second-order valence-corrected chi connectivity index (χ2v) is 9.62. The van der Waals surface area contributed by atoms with E-state index < -0.39 is 0 Å². The maximum absolute atomic E-state index is 12.8. The van der Waals surface area contributed by atoms with Gasteiger partial charge in [0.15, 0.2) is 0 Å². The van der Waals surface area contributed by atoms with Crippen molar-refractivity contribution in [1.29, 1.82) is 0 Å². The Balaban J connectivity index is 1.30. The minimum Gasteiger partial charge on any atom is -0.363 e. The van der Waals surface area contributed by atoms with Gasteiger partial charge in [-0.1, -0.05) is 24.8 Å². The predicted molar refractivity (Wildman–Crippen MR) is 142 cm³/mol. The SMILES string of the molecule is [C-]#[N+]c1cnc(C(=O)Nc2ccc(C3CCN(C(=O)Cc4ccccn4)CC3)cc2C2=CCCCC2)[nH]1. The Bertz CT molecular complexity index is 1350. The van der Waals surface area contributed by atoms with E-state index in [0.717, 1.165) is 62.1 Å². The monoisotopic (exact) mass is 494 g/mol. The molecule has 5 rings (SSSR count). The van der Waals surface area contributed by atoms with Crippen molar-refractivity contribution >= 4 is 28.9 Å². The molecule has 3 heterocycles. The first kappa shape index (κ1) is 24.4. The number of H-pyrrole nitrogens is 1. The summed E-state index contributed by atoms with van der Waals surface area (Å²) in [5, 5.41) is 3.00. The van der Waals surface area contributed by atoms with Crippen LogP contribution in [0.1, 0.15) is 71.9 Å². The first-order chi connectivity index (χ1) is 18.1. The Morgan fingerprint density at radius 3 is 2.70 bits per heavy atom. The normalized spacial score (nSPS) is 16.1. The molecule has 0 bridgehead atoms. The summed E-state index contributed by atoms with van der Waals surface area (Å²) < 4.78 is 0. The number of piperidine rings is 1. The van der Waals surface area contributed by atoms with E-state index in [1.54, 1.807) is 6.20 Å². The molecule has 0 atom stereocenters. The predicted octanol–water partition coefficient (Wildman–Crippen LogP) is 5.51. The summed E-state index contributed by atoms with van der Waals surface area (Å²) in [7, 11) is 0. The lowest BCUT2D eigenvalue weighted by atomic mass is 9.85. The molecule has 0 radical (unpaired) electrons. The standard InChI is InChI=1S/C29H30N6O2/c1-30-26-19-32-28(34-26)29(37)33-25-11-10-22(17-24(25)21-7-3-2-4-8-21)20-12-15-35(16-13-20)27(36)18-23-9-5-6-14-31-23/h5-7,9-11,14,17,19-20H,2-4,8,12-13,15-16,18H2,(H,32,34)(H,33,37). The second-order valence-electron chi connectivity index (χ2n) is 9.62. The highest BCUT2D eigenvalue weighted by atomic mass is 16.2. The van der Waals surface area contributed by atoms with Crippen LogP contribution < -0.4 is 5.32 Å². The van der Waals surface area contributed by atoms with Gasteiger partial charge in [0.2, 0.25) is 11.7 Å². The number of likely N-dealkylation sites (tertiary alicyclic amines) is 1. The highest BCUT2D eigenvalue weighted by Gasteiger charge is 2.25. The van der Waals surface area contributed by atoms with Gasteiger partial charge in [-0.2, -0.15) is 0 Å². The van der Waals surface area contributed by atoms with Gasteiger partial charge in [0.05, 0.1) is 12.6 Å². The average Bonchev–Trinajstić information content (AvgIpc) is 3.44. The van der Waals surface area contributed by atoms with Crippen LogP contribution in [-0.4, -0.2) is 44.8 Å². The maximum Gasteiger partial charge on any atom is 0.314 e. The van der Waals surface area contributed by atoms with Crippen LogP contribution in [0.2, 0.25) is 0 Å². The quantitative estimate of drug-likeness (QED) is 0.442. The van der Waals surface area contributed by atoms with E-state index >= 15 is 0 Å². The second kappa shape index (κ2) is 11.2. The van der Waals surface area contributed by atoms with Crippen LogP contribution >= 0.6 is 0 Å². The number of aromatic amines is 1. The maximum atomic E-state index is 12.8. The van der Waals surface area contributed by atoms with E-state index in [0.29, 0.717) is 12.3 Å². The highest BCUT2D eigenvalue weighted by Crippen LogP contribution is 2.36. The molecule has 2 aliphatic rings. The number of nitrogens with zero attached hydrogens (tertiary/aromatic N) is 4. The fraction of sp³-hybridized carbons (Fsp3) is 0.345. The number of hydrogen-bond acceptors (Lipinski definition) is 4. The number of benzene rings is 1. The minimum absolute atomic E-state index is 0.126. The number of pyridine rings is 1. The number of amides is 2. The van der Waals surface area contributed by atoms with Gasteiger partial charge < -0.3 is 15.1 Å². The molecule has 2 amide bonds. The molecule has 1 saturated heterocycles. The zero-order chi connectivity index (χ0) is 25.6. The number of carbonyl (C=O) groups excluding carboxylic acids is 2. The molecule has 2 N–H and O–H groups in total. The lowest BCUT2D eigenvalue weighted by Crippen LogP contribution is -2.38. The summed E-state index contributed by atoms with van der Waals surface area (Å²) in [4.78, 5) is 41.9. The average molecular weight is 495 g/mol. The van der Waals surface area contributed by atoms with E-state index in [-0.39, 0.29) is 23.5 Å². The number of hydrogen-bond donors (Lipinski definition) is 2. The topological polar surface area (TPSA) is 95.3 Å². The Labute approximate surface area is 216 Å². The Morgan fingerprint density at radius 1 is 1.14 bits per heavy atom. The van der Waals surface area contributed by atoms with Crippen LogP contribution in [0.25, 0.3) is 10.4 Å². The third-order valence-corrected chi connectivity index (χ3v) is 7.20. The first-order valence-electron chi connectivity index (χ1n) is 12.9. The molecular weight excluding hydrogens is 464 g/mol. The van der Waals surface area contributed by atoms with E-state index in [4.69, 9.17) is 6.57 Å². The molecule has 1 aliphatic carbocycles. The molecule has 1 fully saturated rings. The van der Waals surface area contributed by atoms with Crippen molar-refractivity contribution < 1.29 is 9.59 Å². The molecule has 3 aromatic rings. The van der Waals surface area contributed by atoms with E-state index in [1.165, 1.54) is 23.8 Å². The van der Waals surface area contributed by atoms with Crippen molar-refractivity contribution in [3.63, 3.8) is 0 Å². The Kier molecular flexibility index (Phi) is 7.41. The number of imidazole rings is 1. The highest BCUT2D eigenvalue weighted by molar-refractivity contribution is 6.03. The van der Waals surface area contributed by atoms with Crippen LogP contribution in [0.4, 0.5) is 11.5 Å². The molecule has 8 nitrogen and oxygen atoms in total. The molecular formula is C29H30N6O2. The zero-order valence-corrected chi connectivity index (χ0v) is 20.7. The van der Waals surface area contributed by atoms with E-state index in [2.05, 4.69) is 43.3 Å². The fourth-order valence-electron chi connectivity index (χ4n) is 5.17. The number of carbonyl (C=O) groups is 2. The molecule has 8 heteroatoms. The van der Waals surface area contributed by atoms with Gasteiger partial charge in [0.25, 0.3) is 5.82 Å². The number of rotatable bonds is 6. The van der Waals surface area contributed by atoms with Gasteiger partial charge in [-0.3, -0.25) is 19.6 Å². The third-order valence-electron chi connectivity index (χ3n) is 7.20. The van der Waals surface area contributed by atoms with Crippen molar-refractivity contribution in [2.24, 2.45) is 0 Å². The van der Waals surface area contributed by atoms with Crippen molar-refractivity contribution in [1.82, 2.24) is 19.9 Å². The number of nitrogens with one attached hydrogen (secondary N) is 2. The lowest BCUT2D eigenvalue weighted by Gasteiger charge is -2.32. The molecule has 1 aromatic carbocycles. The molecule has 2 aromatic heterocycles. The Hall–Kier alpha value is -4.25. The van der Waals surface area contributed by atoms with Gasteiger partial charge in [-0.15, -0.1) is 0 Å². The van der Waals surface area contributed by atoms with Gasteiger partial charge in [-0.25, -0.2) is 4.98 Å². The van der Waals surface area contributed by atoms with Crippen molar-refractivity contribution in [2.45, 2.75) is 50.9 Å². The number of aromatic nitrogens is 3. The Morgan fingerprint density at radius 2 is 2.00 bits per heavy atom. The molecule has 37 heavy (non-hydrogen) atoms. The minimum atomic E-state index is -0.361. The van der Waals surface area contributed by atoms with Crippen molar-refractivity contribution in [3.05, 3.63) is 88.9 Å². The van der Waals surface area contributed by atoms with E-state index in [1.807, 2.05) is 29.2 Å². The van der Waals surface area contributed by atoms with Gasteiger partial charge in [-0.05, 0) is 79.8 Å². The summed E-state index contributed by atoms with van der Waals surface area (Å²) in [6.45, 7) is 8.55. The summed E-state index contributed by atoms with van der Waals surface area (Å²) >= 11 is 0. The van der Waals surface area contributed by atoms with Gasteiger partial charge >= 0.3 is 5.91 Å². The summed E-state index contributed by atoms with van der Waals surface area (Å²) in [5.41, 5.74) is 5.11. The summed E-state index contributed by atoms with van der Waals surface area (Å²) in [5.74, 6) is 0.488. The van der Waals surface area contributed by atoms with Crippen molar-refractivity contribution in [2.75, 3.05) is 18.4 Å². The molecule has 0 spiro atoms. The third kappa shape index (κ3) is 5.78. The van der Waals surface area contributed by atoms with E-state index in [9.17, 15) is 9.59 Å². The largest absolute Gasteiger partial charge is 0.363 e. The number of anilines is 1. The van der Waals surface area contributed by atoms with Crippen LogP contribution in [-0.2, 0) is 11.2 Å². The summed E-state index contributed by atoms with van der Waals surface area (Å²) in [6, 6.07) is 11.9. The molecule has 0 unspecified atom stereocenters. The van der Waals surface area contributed by atoms with Gasteiger partial charge in [0, 0.05) is 36.2 Å². The van der Waals surface area contributed by atoms with Crippen molar-refractivity contribution in [3.8, 4) is 0 Å². The van der Waals surface area contributed by atoms with Gasteiger partial charge in [0.1, 0.15) is 0 Å². The number of allylic oxidation sites excluding steroid dienone is 2. The molecule has 1 aliphatic heterocycles. The fourth-order valence-corrected chi connectivity index (χ4v) is 5.17. The van der Waals surface area contributed by atoms with Crippen LogP contribution in [0.5, 0.6) is 0 Å². The molecule has 0 saturated carbocycles. The smallest absolute Gasteiger partial charge is 0.314 e. The zero-order valence-electron chi connectivity index (χ0n) is 20.7. The van der Waals surface area contributed by atoms with Crippen LogP contribution in [0.15, 0.2) is 54.9 Å². The van der Waals surface area contributed by atoms with Crippen LogP contribution in [0.3, 0.4) is 0 Å². The van der Waals surface area contributed by atoms with Crippen LogP contribution in [0, 0.1) is 6.57 Å². The molecule has 188 valence electrons. The lowest BCUT2D eigenvalue weighted by molar-refractivity contribution is -0.131. The summed E-state index contributed by atoms with van der Waals surface area (Å²) in [6.07, 6.45) is 11.9. The first-order valence-corrected chi connectivity index (χ1v) is 12.9.